The van der Waals surface area contributed by atoms with E-state index in [-0.39, 0.29) is 22.8 Å². The third-order valence-electron chi connectivity index (χ3n) is 5.18. The number of halogens is 1. The lowest BCUT2D eigenvalue weighted by Crippen LogP contribution is -2.20. The molecule has 0 bridgehead atoms. The van der Waals surface area contributed by atoms with Crippen molar-refractivity contribution in [3.05, 3.63) is 105 Å². The van der Waals surface area contributed by atoms with Gasteiger partial charge in [0.05, 0.1) is 0 Å². The molecule has 0 aliphatic rings. The van der Waals surface area contributed by atoms with Crippen LogP contribution in [0, 0.1) is 31.0 Å². The number of nitrogens with zero attached hydrogens (tertiary/aromatic N) is 3. The number of amides is 1. The molecule has 4 aromatic rings. The first-order valence-corrected chi connectivity index (χ1v) is 10.3. The highest BCUT2D eigenvalue weighted by Crippen LogP contribution is 2.24. The van der Waals surface area contributed by atoms with Crippen LogP contribution in [0.15, 0.2) is 77.2 Å². The van der Waals surface area contributed by atoms with Gasteiger partial charge in [0.1, 0.15) is 34.4 Å². The number of aryl methyl sites for hydroxylation is 2. The monoisotopic (exact) mass is 454 g/mol. The fourth-order valence-electron chi connectivity index (χ4n) is 3.21. The second kappa shape index (κ2) is 9.38. The lowest BCUT2D eigenvalue weighted by molar-refractivity contribution is -0.112. The number of aromatic nitrogens is 2. The lowest BCUT2D eigenvalue weighted by Gasteiger charge is -2.11. The molecule has 0 saturated carbocycles. The molecule has 34 heavy (non-hydrogen) atoms. The van der Waals surface area contributed by atoms with Gasteiger partial charge in [-0.25, -0.2) is 4.39 Å². The molecule has 4 rings (SSSR count). The number of benzene rings is 2. The Labute approximate surface area is 194 Å². The van der Waals surface area contributed by atoms with Gasteiger partial charge in [-0.1, -0.05) is 12.1 Å². The summed E-state index contributed by atoms with van der Waals surface area (Å²) in [6, 6.07) is 17.4. The van der Waals surface area contributed by atoms with Crippen LogP contribution >= 0.6 is 0 Å². The minimum atomic E-state index is -0.684. The lowest BCUT2D eigenvalue weighted by atomic mass is 10.1. The second-order valence-corrected chi connectivity index (χ2v) is 7.54. The first-order valence-electron chi connectivity index (χ1n) is 10.3. The summed E-state index contributed by atoms with van der Waals surface area (Å²) in [6.45, 7) is 3.86. The van der Waals surface area contributed by atoms with E-state index in [2.05, 4.69) is 10.3 Å². The molecule has 8 heteroatoms. The van der Waals surface area contributed by atoms with Gasteiger partial charge in [-0.3, -0.25) is 14.0 Å². The van der Waals surface area contributed by atoms with Crippen molar-refractivity contribution < 1.29 is 13.9 Å². The third-order valence-corrected chi connectivity index (χ3v) is 5.18. The quantitative estimate of drug-likeness (QED) is 0.346. The molecular weight excluding hydrogens is 435 g/mol. The van der Waals surface area contributed by atoms with E-state index in [1.165, 1.54) is 34.9 Å². The number of nitrogens with one attached hydrogen (secondary N) is 1. The number of hydrogen-bond acceptors (Lipinski definition) is 5. The fraction of sp³-hybridized carbons (Fsp3) is 0.0769. The number of ether oxygens (including phenoxy) is 1. The van der Waals surface area contributed by atoms with E-state index in [0.717, 1.165) is 17.2 Å². The van der Waals surface area contributed by atoms with Crippen LogP contribution in [-0.2, 0) is 4.79 Å². The largest absolute Gasteiger partial charge is 0.438 e. The third kappa shape index (κ3) is 4.69. The smallest absolute Gasteiger partial charge is 0.269 e. The maximum atomic E-state index is 13.3. The van der Waals surface area contributed by atoms with Crippen molar-refractivity contribution in [3.63, 3.8) is 0 Å². The van der Waals surface area contributed by atoms with Gasteiger partial charge < -0.3 is 10.1 Å². The van der Waals surface area contributed by atoms with Crippen molar-refractivity contribution >= 4 is 23.3 Å². The SMILES string of the molecule is Cc1ccc(NC(=O)/C(C#N)=C\c2c(Oc3ccc(F)cc3)nc3ccccn3c2=O)cc1C. The average molecular weight is 454 g/mol. The summed E-state index contributed by atoms with van der Waals surface area (Å²) < 4.78 is 20.3. The number of nitriles is 1. The number of carbonyl (C=O) groups excluding carboxylic acids is 1. The van der Waals surface area contributed by atoms with Crippen LogP contribution in [0.3, 0.4) is 0 Å². The van der Waals surface area contributed by atoms with Crippen molar-refractivity contribution in [1.29, 1.82) is 5.26 Å². The van der Waals surface area contributed by atoms with E-state index in [1.54, 1.807) is 30.3 Å². The summed E-state index contributed by atoms with van der Waals surface area (Å²) in [6.07, 6.45) is 2.66. The Kier molecular flexibility index (Phi) is 6.19. The van der Waals surface area contributed by atoms with Gasteiger partial charge >= 0.3 is 0 Å². The van der Waals surface area contributed by atoms with Gasteiger partial charge in [-0.2, -0.15) is 10.2 Å². The van der Waals surface area contributed by atoms with E-state index in [0.29, 0.717) is 11.3 Å². The molecule has 2 aromatic heterocycles. The molecule has 0 aliphatic carbocycles. The van der Waals surface area contributed by atoms with Crippen molar-refractivity contribution in [2.75, 3.05) is 5.32 Å². The molecule has 168 valence electrons. The zero-order chi connectivity index (χ0) is 24.2. The molecule has 1 amide bonds. The molecular formula is C26H19FN4O3. The first-order chi connectivity index (χ1) is 16.4. The molecule has 0 unspecified atom stereocenters. The summed E-state index contributed by atoms with van der Waals surface area (Å²) in [5.74, 6) is -1.01. The predicted octanol–water partition coefficient (Wildman–Crippen LogP) is 4.79. The van der Waals surface area contributed by atoms with Crippen LogP contribution in [0.4, 0.5) is 10.1 Å². The molecule has 0 spiro atoms. The number of hydrogen-bond donors (Lipinski definition) is 1. The van der Waals surface area contributed by atoms with Gasteiger partial charge in [-0.15, -0.1) is 0 Å². The van der Waals surface area contributed by atoms with E-state index in [9.17, 15) is 19.2 Å². The highest BCUT2D eigenvalue weighted by atomic mass is 19.1. The predicted molar refractivity (Wildman–Crippen MR) is 126 cm³/mol. The summed E-state index contributed by atoms with van der Waals surface area (Å²) in [4.78, 5) is 30.4. The number of carbonyl (C=O) groups is 1. The van der Waals surface area contributed by atoms with Gasteiger partial charge in [-0.05, 0) is 79.6 Å². The summed E-state index contributed by atoms with van der Waals surface area (Å²) in [5.41, 5.74) is 1.93. The van der Waals surface area contributed by atoms with E-state index >= 15 is 0 Å². The van der Waals surface area contributed by atoms with Crippen molar-refractivity contribution in [3.8, 4) is 17.7 Å². The maximum absolute atomic E-state index is 13.3. The molecule has 0 radical (unpaired) electrons. The fourth-order valence-corrected chi connectivity index (χ4v) is 3.21. The van der Waals surface area contributed by atoms with Crippen LogP contribution in [-0.4, -0.2) is 15.3 Å². The minimum Gasteiger partial charge on any atom is -0.438 e. The van der Waals surface area contributed by atoms with Crippen LogP contribution < -0.4 is 15.6 Å². The Bertz CT molecular complexity index is 1530. The van der Waals surface area contributed by atoms with E-state index in [4.69, 9.17) is 4.74 Å². The first kappa shape index (κ1) is 22.4. The number of anilines is 1. The van der Waals surface area contributed by atoms with Crippen LogP contribution in [0.25, 0.3) is 11.7 Å². The Morgan fingerprint density at radius 3 is 2.59 bits per heavy atom. The molecule has 2 aromatic carbocycles. The molecule has 7 nitrogen and oxygen atoms in total. The molecule has 0 saturated heterocycles. The molecule has 1 N–H and O–H groups in total. The summed E-state index contributed by atoms with van der Waals surface area (Å²) >= 11 is 0. The minimum absolute atomic E-state index is 0.0974. The molecule has 0 fully saturated rings. The number of pyridine rings is 1. The van der Waals surface area contributed by atoms with Crippen LogP contribution in [0.1, 0.15) is 16.7 Å². The van der Waals surface area contributed by atoms with Gasteiger partial charge in [0, 0.05) is 11.9 Å². The van der Waals surface area contributed by atoms with Gasteiger partial charge in [0.25, 0.3) is 11.5 Å². The highest BCUT2D eigenvalue weighted by molar-refractivity contribution is 6.09. The Morgan fingerprint density at radius 1 is 1.12 bits per heavy atom. The Balaban J connectivity index is 1.78. The van der Waals surface area contributed by atoms with Crippen molar-refractivity contribution in [2.24, 2.45) is 0 Å². The van der Waals surface area contributed by atoms with Gasteiger partial charge in [0.2, 0.25) is 5.88 Å². The standard InChI is InChI=1S/C26H19FN4O3/c1-16-6-9-20(13-17(16)2)29-24(32)18(15-28)14-22-25(34-21-10-7-19(27)8-11-21)30-23-5-3-4-12-31(23)26(22)33/h3-14H,1-2H3,(H,29,32)/b18-14-. The Morgan fingerprint density at radius 2 is 1.88 bits per heavy atom. The van der Waals surface area contributed by atoms with Gasteiger partial charge in [0.15, 0.2) is 0 Å². The van der Waals surface area contributed by atoms with E-state index < -0.39 is 17.3 Å². The molecule has 0 aliphatic heterocycles. The second-order valence-electron chi connectivity index (χ2n) is 7.54. The maximum Gasteiger partial charge on any atom is 0.269 e. The number of rotatable bonds is 5. The topological polar surface area (TPSA) is 96.5 Å². The zero-order valence-electron chi connectivity index (χ0n) is 18.4. The summed E-state index contributed by atoms with van der Waals surface area (Å²) in [5, 5.41) is 12.3. The van der Waals surface area contributed by atoms with E-state index in [1.807, 2.05) is 26.0 Å². The van der Waals surface area contributed by atoms with Crippen LogP contribution in [0.5, 0.6) is 11.6 Å². The number of fused-ring (bicyclic) bond motifs is 1. The normalized spacial score (nSPS) is 11.2. The van der Waals surface area contributed by atoms with Crippen molar-refractivity contribution in [2.45, 2.75) is 13.8 Å². The highest BCUT2D eigenvalue weighted by Gasteiger charge is 2.17. The average Bonchev–Trinajstić information content (AvgIpc) is 2.83. The zero-order valence-corrected chi connectivity index (χ0v) is 18.4. The van der Waals surface area contributed by atoms with Crippen molar-refractivity contribution in [1.82, 2.24) is 9.38 Å². The molecule has 2 heterocycles. The molecule has 0 atom stereocenters. The summed E-state index contributed by atoms with van der Waals surface area (Å²) in [7, 11) is 0. The van der Waals surface area contributed by atoms with Crippen LogP contribution in [0.2, 0.25) is 0 Å². The Hall–Kier alpha value is -4.77.